The van der Waals surface area contributed by atoms with Crippen LogP contribution in [0.1, 0.15) is 51.0 Å². The van der Waals surface area contributed by atoms with Crippen LogP contribution in [0.25, 0.3) is 0 Å². The number of ether oxygens (including phenoxy) is 1. The summed E-state index contributed by atoms with van der Waals surface area (Å²) < 4.78 is 7.49. The van der Waals surface area contributed by atoms with E-state index in [4.69, 9.17) is 4.74 Å². The van der Waals surface area contributed by atoms with Crippen LogP contribution in [-0.2, 0) is 0 Å². The zero-order valence-electron chi connectivity index (χ0n) is 12.4. The minimum atomic E-state index is -0.682. The van der Waals surface area contributed by atoms with E-state index in [1.807, 2.05) is 49.0 Å². The summed E-state index contributed by atoms with van der Waals surface area (Å²) in [6, 6.07) is 7.84. The van der Waals surface area contributed by atoms with E-state index in [2.05, 4.69) is 18.9 Å². The first-order valence-corrected chi connectivity index (χ1v) is 6.96. The molecule has 108 valence electrons. The Balaban J connectivity index is 2.21. The van der Waals surface area contributed by atoms with Gasteiger partial charge in [-0.25, -0.2) is 0 Å². The van der Waals surface area contributed by atoms with Gasteiger partial charge in [0.2, 0.25) is 0 Å². The summed E-state index contributed by atoms with van der Waals surface area (Å²) in [4.78, 5) is 0. The Morgan fingerprint density at radius 3 is 2.50 bits per heavy atom. The van der Waals surface area contributed by atoms with Crippen LogP contribution in [0.4, 0.5) is 0 Å². The summed E-state index contributed by atoms with van der Waals surface area (Å²) in [5.74, 6) is 0.771. The van der Waals surface area contributed by atoms with Crippen molar-refractivity contribution in [1.82, 2.24) is 9.78 Å². The smallest absolute Gasteiger partial charge is 0.120 e. The molecule has 0 bridgehead atoms. The van der Waals surface area contributed by atoms with Crippen LogP contribution in [-0.4, -0.2) is 21.0 Å². The molecule has 1 aromatic heterocycles. The van der Waals surface area contributed by atoms with E-state index in [9.17, 15) is 5.11 Å². The van der Waals surface area contributed by atoms with Gasteiger partial charge in [0.25, 0.3) is 0 Å². The topological polar surface area (TPSA) is 47.3 Å². The lowest BCUT2D eigenvalue weighted by Gasteiger charge is -2.13. The third-order valence-electron chi connectivity index (χ3n) is 3.01. The molecule has 1 unspecified atom stereocenters. The molecule has 0 radical (unpaired) electrons. The van der Waals surface area contributed by atoms with Crippen LogP contribution >= 0.6 is 0 Å². The summed E-state index contributed by atoms with van der Waals surface area (Å²) >= 11 is 0. The van der Waals surface area contributed by atoms with Gasteiger partial charge in [-0.05, 0) is 45.4 Å². The van der Waals surface area contributed by atoms with Crippen molar-refractivity contribution < 1.29 is 9.84 Å². The van der Waals surface area contributed by atoms with Crippen LogP contribution in [0.2, 0.25) is 0 Å². The van der Waals surface area contributed by atoms with Crippen molar-refractivity contribution in [3.05, 3.63) is 47.8 Å². The number of rotatable bonds is 5. The summed E-state index contributed by atoms with van der Waals surface area (Å²) in [5.41, 5.74) is 1.60. The van der Waals surface area contributed by atoms with Crippen molar-refractivity contribution in [1.29, 1.82) is 0 Å². The van der Waals surface area contributed by atoms with Crippen molar-refractivity contribution in [3.63, 3.8) is 0 Å². The van der Waals surface area contributed by atoms with Crippen molar-refractivity contribution in [3.8, 4) is 5.75 Å². The van der Waals surface area contributed by atoms with E-state index in [1.54, 1.807) is 6.20 Å². The number of aliphatic hydroxyl groups excluding tert-OH is 1. The maximum Gasteiger partial charge on any atom is 0.120 e. The van der Waals surface area contributed by atoms with Crippen LogP contribution in [0.3, 0.4) is 0 Å². The highest BCUT2D eigenvalue weighted by atomic mass is 16.5. The van der Waals surface area contributed by atoms with E-state index >= 15 is 0 Å². The summed E-state index contributed by atoms with van der Waals surface area (Å²) in [6.07, 6.45) is 3.02. The van der Waals surface area contributed by atoms with Gasteiger partial charge in [-0.3, -0.25) is 4.68 Å². The van der Waals surface area contributed by atoms with E-state index in [0.717, 1.165) is 16.9 Å². The van der Waals surface area contributed by atoms with Gasteiger partial charge in [0.05, 0.1) is 12.3 Å². The average molecular weight is 274 g/mol. The quantitative estimate of drug-likeness (QED) is 0.909. The molecule has 0 aliphatic rings. The van der Waals surface area contributed by atoms with Crippen molar-refractivity contribution >= 4 is 0 Å². The lowest BCUT2D eigenvalue weighted by molar-refractivity contribution is 0.216. The van der Waals surface area contributed by atoms with Crippen LogP contribution in [0.15, 0.2) is 36.7 Å². The largest absolute Gasteiger partial charge is 0.491 e. The van der Waals surface area contributed by atoms with Crippen molar-refractivity contribution in [2.45, 2.75) is 45.9 Å². The first-order chi connectivity index (χ1) is 9.47. The van der Waals surface area contributed by atoms with Crippen LogP contribution in [0, 0.1) is 0 Å². The third-order valence-corrected chi connectivity index (χ3v) is 3.01. The number of nitrogens with zero attached hydrogens (tertiary/aromatic N) is 2. The molecule has 0 aliphatic heterocycles. The predicted octanol–water partition coefficient (Wildman–Crippen LogP) is 3.33. The normalized spacial score (nSPS) is 12.9. The minimum Gasteiger partial charge on any atom is -0.491 e. The molecule has 1 heterocycles. The number of aromatic nitrogens is 2. The molecule has 0 saturated heterocycles. The average Bonchev–Trinajstić information content (AvgIpc) is 2.87. The van der Waals surface area contributed by atoms with Gasteiger partial charge >= 0.3 is 0 Å². The molecular formula is C16H22N2O2. The molecule has 4 heteroatoms. The van der Waals surface area contributed by atoms with Gasteiger partial charge in [-0.15, -0.1) is 0 Å². The first-order valence-electron chi connectivity index (χ1n) is 6.96. The number of aliphatic hydroxyl groups is 1. The molecule has 2 aromatic rings. The zero-order valence-corrected chi connectivity index (χ0v) is 12.4. The standard InChI is InChI=1S/C16H22N2O2/c1-11(2)18-10-14(9-17-18)16(19)13-6-5-7-15(8-13)20-12(3)4/h5-12,16,19H,1-4H3. The fourth-order valence-electron chi connectivity index (χ4n) is 2.00. The lowest BCUT2D eigenvalue weighted by atomic mass is 10.0. The molecule has 1 N–H and O–H groups in total. The molecule has 2 rings (SSSR count). The Morgan fingerprint density at radius 2 is 1.90 bits per heavy atom. The molecule has 1 aromatic carbocycles. The third kappa shape index (κ3) is 3.39. The highest BCUT2D eigenvalue weighted by Gasteiger charge is 2.14. The Kier molecular flexibility index (Phi) is 4.45. The minimum absolute atomic E-state index is 0.117. The monoisotopic (exact) mass is 274 g/mol. The number of benzene rings is 1. The second-order valence-corrected chi connectivity index (χ2v) is 5.49. The molecule has 0 aliphatic carbocycles. The van der Waals surface area contributed by atoms with Gasteiger partial charge in [0, 0.05) is 17.8 Å². The Labute approximate surface area is 120 Å². The van der Waals surface area contributed by atoms with Gasteiger partial charge < -0.3 is 9.84 Å². The summed E-state index contributed by atoms with van der Waals surface area (Å²) in [7, 11) is 0. The molecule has 0 amide bonds. The fraction of sp³-hybridized carbons (Fsp3) is 0.438. The molecule has 1 atom stereocenters. The predicted molar refractivity (Wildman–Crippen MR) is 78.9 cm³/mol. The molecule has 4 nitrogen and oxygen atoms in total. The highest BCUT2D eigenvalue weighted by molar-refractivity contribution is 5.34. The zero-order chi connectivity index (χ0) is 14.7. The van der Waals surface area contributed by atoms with E-state index in [0.29, 0.717) is 0 Å². The Hall–Kier alpha value is -1.81. The second-order valence-electron chi connectivity index (χ2n) is 5.49. The van der Waals surface area contributed by atoms with Gasteiger partial charge in [-0.2, -0.15) is 5.10 Å². The lowest BCUT2D eigenvalue weighted by Crippen LogP contribution is -2.06. The SMILES string of the molecule is CC(C)Oc1cccc(C(O)c2cnn(C(C)C)c2)c1. The number of hydrogen-bond donors (Lipinski definition) is 1. The molecule has 20 heavy (non-hydrogen) atoms. The van der Waals surface area contributed by atoms with Crippen molar-refractivity contribution in [2.24, 2.45) is 0 Å². The fourth-order valence-corrected chi connectivity index (χ4v) is 2.00. The maximum atomic E-state index is 10.4. The van der Waals surface area contributed by atoms with Crippen LogP contribution in [0.5, 0.6) is 5.75 Å². The summed E-state index contributed by atoms with van der Waals surface area (Å²) in [5, 5.41) is 14.7. The van der Waals surface area contributed by atoms with E-state index < -0.39 is 6.10 Å². The molecule has 0 saturated carbocycles. The second kappa shape index (κ2) is 6.09. The van der Waals surface area contributed by atoms with E-state index in [-0.39, 0.29) is 12.1 Å². The van der Waals surface area contributed by atoms with Gasteiger partial charge in [-0.1, -0.05) is 12.1 Å². The highest BCUT2D eigenvalue weighted by Crippen LogP contribution is 2.25. The van der Waals surface area contributed by atoms with E-state index in [1.165, 1.54) is 0 Å². The van der Waals surface area contributed by atoms with Crippen molar-refractivity contribution in [2.75, 3.05) is 0 Å². The number of hydrogen-bond acceptors (Lipinski definition) is 3. The maximum absolute atomic E-state index is 10.4. The van der Waals surface area contributed by atoms with Gasteiger partial charge in [0.15, 0.2) is 0 Å². The Bertz CT molecular complexity index is 561. The van der Waals surface area contributed by atoms with Gasteiger partial charge in [0.1, 0.15) is 11.9 Å². The molecule has 0 fully saturated rings. The summed E-state index contributed by atoms with van der Waals surface area (Å²) in [6.45, 7) is 8.08. The Morgan fingerprint density at radius 1 is 1.15 bits per heavy atom. The molecular weight excluding hydrogens is 252 g/mol. The molecule has 0 spiro atoms. The van der Waals surface area contributed by atoms with Crippen LogP contribution < -0.4 is 4.74 Å². The first kappa shape index (κ1) is 14.6.